The summed E-state index contributed by atoms with van der Waals surface area (Å²) in [6, 6.07) is 0.754. The van der Waals surface area contributed by atoms with Crippen molar-refractivity contribution in [1.29, 1.82) is 0 Å². The van der Waals surface area contributed by atoms with Crippen molar-refractivity contribution in [3.63, 3.8) is 0 Å². The molecule has 2 unspecified atom stereocenters. The van der Waals surface area contributed by atoms with Crippen LogP contribution in [0, 0.1) is 11.3 Å². The van der Waals surface area contributed by atoms with E-state index in [-0.39, 0.29) is 0 Å². The Hall–Kier alpha value is -0.0800. The predicted octanol–water partition coefficient (Wildman–Crippen LogP) is 2.50. The van der Waals surface area contributed by atoms with E-state index in [9.17, 15) is 0 Å². The molecule has 16 heavy (non-hydrogen) atoms. The van der Waals surface area contributed by atoms with Crippen molar-refractivity contribution in [2.75, 3.05) is 26.2 Å². The third-order valence-corrected chi connectivity index (χ3v) is 5.17. The van der Waals surface area contributed by atoms with Crippen LogP contribution >= 0.6 is 0 Å². The maximum absolute atomic E-state index is 3.65. The largest absolute Gasteiger partial charge is 0.312 e. The molecule has 2 atom stereocenters. The summed E-state index contributed by atoms with van der Waals surface area (Å²) in [5.41, 5.74) is 0.641. The van der Waals surface area contributed by atoms with Gasteiger partial charge in [-0.1, -0.05) is 20.8 Å². The van der Waals surface area contributed by atoms with Gasteiger partial charge >= 0.3 is 0 Å². The molecule has 2 aliphatic heterocycles. The minimum absolute atomic E-state index is 0.641. The second-order valence-corrected chi connectivity index (χ2v) is 6.02. The Kier molecular flexibility index (Phi) is 3.91. The van der Waals surface area contributed by atoms with Gasteiger partial charge in [-0.2, -0.15) is 0 Å². The summed E-state index contributed by atoms with van der Waals surface area (Å²) < 4.78 is 0. The Balaban J connectivity index is 1.84. The molecule has 0 aromatic carbocycles. The van der Waals surface area contributed by atoms with E-state index >= 15 is 0 Å². The quantitative estimate of drug-likeness (QED) is 0.789. The molecule has 0 radical (unpaired) electrons. The number of rotatable bonds is 4. The van der Waals surface area contributed by atoms with Crippen LogP contribution in [0.15, 0.2) is 0 Å². The minimum Gasteiger partial charge on any atom is -0.312 e. The molecule has 1 N–H and O–H groups in total. The number of nitrogens with zero attached hydrogens (tertiary/aromatic N) is 1. The number of hydrogen-bond acceptors (Lipinski definition) is 2. The van der Waals surface area contributed by atoms with Gasteiger partial charge in [0.25, 0.3) is 0 Å². The zero-order chi connectivity index (χ0) is 11.6. The molecule has 0 aromatic rings. The maximum Gasteiger partial charge on any atom is 0.0221 e. The Labute approximate surface area is 101 Å². The molecule has 0 aromatic heterocycles. The van der Waals surface area contributed by atoms with Crippen LogP contribution in [-0.4, -0.2) is 37.1 Å². The van der Waals surface area contributed by atoms with Crippen molar-refractivity contribution in [2.45, 2.75) is 52.5 Å². The summed E-state index contributed by atoms with van der Waals surface area (Å²) in [6.07, 6.45) is 5.49. The second-order valence-electron chi connectivity index (χ2n) is 6.02. The van der Waals surface area contributed by atoms with Gasteiger partial charge in [0, 0.05) is 19.1 Å². The summed E-state index contributed by atoms with van der Waals surface area (Å²) in [7, 11) is 0. The van der Waals surface area contributed by atoms with Crippen LogP contribution < -0.4 is 5.32 Å². The minimum atomic E-state index is 0.641. The molecule has 2 nitrogen and oxygen atoms in total. The van der Waals surface area contributed by atoms with E-state index in [0.29, 0.717) is 5.41 Å². The van der Waals surface area contributed by atoms with E-state index in [2.05, 4.69) is 31.0 Å². The van der Waals surface area contributed by atoms with Crippen molar-refractivity contribution in [3.05, 3.63) is 0 Å². The van der Waals surface area contributed by atoms with Gasteiger partial charge in [0.1, 0.15) is 0 Å². The highest BCUT2D eigenvalue weighted by atomic mass is 15.2. The van der Waals surface area contributed by atoms with Gasteiger partial charge in [-0.15, -0.1) is 0 Å². The lowest BCUT2D eigenvalue weighted by molar-refractivity contribution is 0.220. The van der Waals surface area contributed by atoms with Crippen molar-refractivity contribution >= 4 is 0 Å². The molecule has 0 amide bonds. The molecule has 94 valence electrons. The lowest BCUT2D eigenvalue weighted by Crippen LogP contribution is -2.40. The van der Waals surface area contributed by atoms with Crippen LogP contribution in [0.25, 0.3) is 0 Å². The van der Waals surface area contributed by atoms with Gasteiger partial charge in [-0.25, -0.2) is 0 Å². The molecular weight excluding hydrogens is 196 g/mol. The van der Waals surface area contributed by atoms with Gasteiger partial charge in [0.05, 0.1) is 0 Å². The van der Waals surface area contributed by atoms with Gasteiger partial charge in [-0.05, 0) is 50.1 Å². The average molecular weight is 224 g/mol. The highest BCUT2D eigenvalue weighted by molar-refractivity contribution is 4.91. The zero-order valence-corrected chi connectivity index (χ0v) is 11.3. The van der Waals surface area contributed by atoms with Crippen LogP contribution in [0.4, 0.5) is 0 Å². The third kappa shape index (κ3) is 2.43. The molecular formula is C14H28N2. The highest BCUT2D eigenvalue weighted by Crippen LogP contribution is 2.37. The second kappa shape index (κ2) is 5.05. The molecule has 0 aliphatic carbocycles. The fourth-order valence-electron chi connectivity index (χ4n) is 3.43. The molecule has 2 aliphatic rings. The number of nitrogens with one attached hydrogen (secondary N) is 1. The van der Waals surface area contributed by atoms with Crippen molar-refractivity contribution in [2.24, 2.45) is 11.3 Å². The Morgan fingerprint density at radius 1 is 1.31 bits per heavy atom. The van der Waals surface area contributed by atoms with Gasteiger partial charge in [0.2, 0.25) is 0 Å². The van der Waals surface area contributed by atoms with Crippen LogP contribution in [0.5, 0.6) is 0 Å². The van der Waals surface area contributed by atoms with Crippen LogP contribution in [0.1, 0.15) is 46.5 Å². The molecule has 2 fully saturated rings. The predicted molar refractivity (Wildman–Crippen MR) is 69.6 cm³/mol. The van der Waals surface area contributed by atoms with E-state index < -0.39 is 0 Å². The SMILES string of the molecule is CCC1(CC)CCN(CC2NCCC2C)C1. The summed E-state index contributed by atoms with van der Waals surface area (Å²) in [5.74, 6) is 0.873. The summed E-state index contributed by atoms with van der Waals surface area (Å²) in [5, 5.41) is 3.65. The fraction of sp³-hybridized carbons (Fsp3) is 1.00. The van der Waals surface area contributed by atoms with E-state index in [1.165, 1.54) is 51.9 Å². The smallest absolute Gasteiger partial charge is 0.0221 e. The van der Waals surface area contributed by atoms with Crippen molar-refractivity contribution in [1.82, 2.24) is 10.2 Å². The summed E-state index contributed by atoms with van der Waals surface area (Å²) in [4.78, 5) is 2.70. The average Bonchev–Trinajstić information content (AvgIpc) is 2.88. The van der Waals surface area contributed by atoms with Crippen molar-refractivity contribution in [3.8, 4) is 0 Å². The fourth-order valence-corrected chi connectivity index (χ4v) is 3.43. The van der Waals surface area contributed by atoms with Gasteiger partial charge in [-0.3, -0.25) is 0 Å². The van der Waals surface area contributed by atoms with Crippen LogP contribution in [0.2, 0.25) is 0 Å². The molecule has 0 bridgehead atoms. The maximum atomic E-state index is 3.65. The van der Waals surface area contributed by atoms with E-state index in [0.717, 1.165) is 12.0 Å². The molecule has 2 rings (SSSR count). The van der Waals surface area contributed by atoms with E-state index in [4.69, 9.17) is 0 Å². The highest BCUT2D eigenvalue weighted by Gasteiger charge is 2.36. The van der Waals surface area contributed by atoms with Crippen molar-refractivity contribution < 1.29 is 0 Å². The topological polar surface area (TPSA) is 15.3 Å². The lowest BCUT2D eigenvalue weighted by atomic mass is 9.82. The van der Waals surface area contributed by atoms with Gasteiger partial charge < -0.3 is 10.2 Å². The molecule has 2 heteroatoms. The third-order valence-electron chi connectivity index (χ3n) is 5.17. The van der Waals surface area contributed by atoms with Gasteiger partial charge in [0.15, 0.2) is 0 Å². The summed E-state index contributed by atoms with van der Waals surface area (Å²) >= 11 is 0. The first-order valence-electron chi connectivity index (χ1n) is 7.15. The Bertz CT molecular complexity index is 223. The molecule has 0 saturated carbocycles. The molecule has 0 spiro atoms. The first-order chi connectivity index (χ1) is 7.69. The first kappa shape index (κ1) is 12.4. The van der Waals surface area contributed by atoms with E-state index in [1.54, 1.807) is 0 Å². The Morgan fingerprint density at radius 2 is 2.06 bits per heavy atom. The normalized spacial score (nSPS) is 34.7. The first-order valence-corrected chi connectivity index (χ1v) is 7.15. The standard InChI is InChI=1S/C14H28N2/c1-4-14(5-2)7-9-16(11-14)10-13-12(3)6-8-15-13/h12-13,15H,4-11H2,1-3H3. The number of hydrogen-bond donors (Lipinski definition) is 1. The van der Waals surface area contributed by atoms with E-state index in [1.807, 2.05) is 0 Å². The van der Waals surface area contributed by atoms with Crippen LogP contribution in [0.3, 0.4) is 0 Å². The summed E-state index contributed by atoms with van der Waals surface area (Å²) in [6.45, 7) is 12.3. The molecule has 2 saturated heterocycles. The molecule has 2 heterocycles. The lowest BCUT2D eigenvalue weighted by Gasteiger charge is -2.28. The van der Waals surface area contributed by atoms with Crippen LogP contribution in [-0.2, 0) is 0 Å². The number of likely N-dealkylation sites (tertiary alicyclic amines) is 1. The zero-order valence-electron chi connectivity index (χ0n) is 11.3. The Morgan fingerprint density at radius 3 is 2.56 bits per heavy atom. The monoisotopic (exact) mass is 224 g/mol.